The SMILES string of the molecule is CC/C=C\C/C=C\C/C=C\C/C=C\C/C=C\CCCCCCCCCCCCCCCCCCCCCC(=O)NC(CO)C(O)/C=C/CC/C=C/CC/C=C/CCCCC. The largest absolute Gasteiger partial charge is 0.394 e. The average Bonchev–Trinajstić information content (AvgIpc) is 3.25. The minimum absolute atomic E-state index is 0.0803. The number of allylic oxidation sites excluding steroid dienone is 15. The van der Waals surface area contributed by atoms with E-state index in [0.717, 1.165) is 70.6 Å². The summed E-state index contributed by atoms with van der Waals surface area (Å²) in [6.45, 7) is 4.14. The summed E-state index contributed by atoms with van der Waals surface area (Å²) in [7, 11) is 0. The zero-order valence-corrected chi connectivity index (χ0v) is 39.4. The number of unbranched alkanes of at least 4 members (excludes halogenated alkanes) is 24. The van der Waals surface area contributed by atoms with Crippen molar-refractivity contribution in [2.24, 2.45) is 0 Å². The number of nitrogens with one attached hydrogen (secondary N) is 1. The summed E-state index contributed by atoms with van der Waals surface area (Å²) in [4.78, 5) is 12.4. The van der Waals surface area contributed by atoms with E-state index in [1.807, 2.05) is 6.08 Å². The maximum Gasteiger partial charge on any atom is 0.220 e. The monoisotopic (exact) mass is 832 g/mol. The van der Waals surface area contributed by atoms with Crippen molar-refractivity contribution in [3.05, 3.63) is 97.2 Å². The molecule has 0 aromatic rings. The van der Waals surface area contributed by atoms with Gasteiger partial charge >= 0.3 is 0 Å². The van der Waals surface area contributed by atoms with Crippen molar-refractivity contribution in [3.63, 3.8) is 0 Å². The van der Waals surface area contributed by atoms with E-state index >= 15 is 0 Å². The molecule has 60 heavy (non-hydrogen) atoms. The maximum atomic E-state index is 12.4. The molecule has 0 fully saturated rings. The summed E-state index contributed by atoms with van der Waals surface area (Å²) in [6, 6.07) is -0.648. The van der Waals surface area contributed by atoms with Gasteiger partial charge in [0.2, 0.25) is 5.91 Å². The quantitative estimate of drug-likeness (QED) is 0.0423. The van der Waals surface area contributed by atoms with E-state index in [4.69, 9.17) is 0 Å². The van der Waals surface area contributed by atoms with Gasteiger partial charge in [-0.15, -0.1) is 0 Å². The van der Waals surface area contributed by atoms with Crippen LogP contribution in [-0.2, 0) is 4.79 Å². The van der Waals surface area contributed by atoms with Crippen molar-refractivity contribution in [2.75, 3.05) is 6.61 Å². The first-order valence-corrected chi connectivity index (χ1v) is 25.5. The molecule has 0 spiro atoms. The van der Waals surface area contributed by atoms with Crippen LogP contribution in [0.5, 0.6) is 0 Å². The van der Waals surface area contributed by atoms with Crippen LogP contribution in [0.3, 0.4) is 0 Å². The molecule has 344 valence electrons. The fourth-order valence-electron chi connectivity index (χ4n) is 7.18. The number of carbonyl (C=O) groups excluding carboxylic acids is 1. The van der Waals surface area contributed by atoms with Gasteiger partial charge in [0.05, 0.1) is 18.8 Å². The summed E-state index contributed by atoms with van der Waals surface area (Å²) >= 11 is 0. The van der Waals surface area contributed by atoms with Gasteiger partial charge in [-0.05, 0) is 89.9 Å². The number of hydrogen-bond donors (Lipinski definition) is 3. The molecular formula is C56H97NO3. The third-order valence-electron chi connectivity index (χ3n) is 11.0. The predicted molar refractivity (Wildman–Crippen MR) is 266 cm³/mol. The molecule has 0 bridgehead atoms. The van der Waals surface area contributed by atoms with Crippen molar-refractivity contribution in [1.82, 2.24) is 5.32 Å². The Labute approximate surface area is 373 Å². The third-order valence-corrected chi connectivity index (χ3v) is 11.0. The molecule has 0 aromatic heterocycles. The van der Waals surface area contributed by atoms with Crippen molar-refractivity contribution in [1.29, 1.82) is 0 Å². The predicted octanol–water partition coefficient (Wildman–Crippen LogP) is 16.6. The second-order valence-corrected chi connectivity index (χ2v) is 16.8. The molecule has 2 unspecified atom stereocenters. The Morgan fingerprint density at radius 3 is 1.17 bits per heavy atom. The van der Waals surface area contributed by atoms with Crippen LogP contribution in [0.4, 0.5) is 0 Å². The summed E-state index contributed by atoms with van der Waals surface area (Å²) < 4.78 is 0. The zero-order valence-electron chi connectivity index (χ0n) is 39.4. The van der Waals surface area contributed by atoms with Crippen molar-refractivity contribution >= 4 is 5.91 Å². The van der Waals surface area contributed by atoms with Crippen LogP contribution < -0.4 is 5.32 Å². The lowest BCUT2D eigenvalue weighted by Crippen LogP contribution is -2.45. The van der Waals surface area contributed by atoms with E-state index in [0.29, 0.717) is 6.42 Å². The Balaban J connectivity index is 3.50. The smallest absolute Gasteiger partial charge is 0.220 e. The van der Waals surface area contributed by atoms with Crippen LogP contribution in [0, 0.1) is 0 Å². The number of amides is 1. The summed E-state index contributed by atoms with van der Waals surface area (Å²) in [5.41, 5.74) is 0. The van der Waals surface area contributed by atoms with Gasteiger partial charge in [0, 0.05) is 6.42 Å². The van der Waals surface area contributed by atoms with Crippen molar-refractivity contribution in [2.45, 2.75) is 244 Å². The molecule has 3 N–H and O–H groups in total. The van der Waals surface area contributed by atoms with E-state index < -0.39 is 12.1 Å². The first kappa shape index (κ1) is 57.3. The molecule has 0 saturated heterocycles. The van der Waals surface area contributed by atoms with Crippen LogP contribution in [-0.4, -0.2) is 34.9 Å². The van der Waals surface area contributed by atoms with Crippen LogP contribution in [0.15, 0.2) is 97.2 Å². The molecule has 2 atom stereocenters. The standard InChI is InChI=1S/C56H97NO3/c1-3-5-7-9-11-13-15-17-18-19-20-21-22-23-24-25-26-27-28-29-30-31-32-33-34-35-36-37-38-40-42-44-46-48-50-52-56(60)57-54(53-58)55(59)51-49-47-45-43-41-39-16-14-12-10-8-6-4-2/h5,7,11-14,17-18,20-21,23-24,41,43,49,51,54-55,58-59H,3-4,6,8-10,15-16,19,22,25-40,42,44-48,50,52-53H2,1-2H3,(H,57,60)/b7-5-,13-11-,14-12+,18-17-,21-20-,24-23-,43-41+,51-49+. The number of carbonyl (C=O) groups is 1. The highest BCUT2D eigenvalue weighted by Gasteiger charge is 2.17. The highest BCUT2D eigenvalue weighted by atomic mass is 16.3. The second-order valence-electron chi connectivity index (χ2n) is 16.8. The van der Waals surface area contributed by atoms with Gasteiger partial charge in [0.1, 0.15) is 0 Å². The lowest BCUT2D eigenvalue weighted by molar-refractivity contribution is -0.123. The second kappa shape index (κ2) is 50.7. The maximum absolute atomic E-state index is 12.4. The summed E-state index contributed by atoms with van der Waals surface area (Å²) in [5, 5.41) is 23.0. The number of aliphatic hydroxyl groups excluding tert-OH is 2. The fraction of sp³-hybridized carbons (Fsp3) is 0.696. The molecule has 0 radical (unpaired) electrons. The van der Waals surface area contributed by atoms with Crippen molar-refractivity contribution in [3.8, 4) is 0 Å². The highest BCUT2D eigenvalue weighted by molar-refractivity contribution is 5.76. The molecule has 0 heterocycles. The Morgan fingerprint density at radius 2 is 0.750 bits per heavy atom. The number of hydrogen-bond acceptors (Lipinski definition) is 3. The van der Waals surface area contributed by atoms with E-state index in [1.54, 1.807) is 6.08 Å². The van der Waals surface area contributed by atoms with E-state index in [-0.39, 0.29) is 12.5 Å². The molecule has 0 saturated carbocycles. The van der Waals surface area contributed by atoms with E-state index in [1.165, 1.54) is 141 Å². The van der Waals surface area contributed by atoms with Gasteiger partial charge in [-0.25, -0.2) is 0 Å². The van der Waals surface area contributed by atoms with Gasteiger partial charge in [0.25, 0.3) is 0 Å². The Kier molecular flexibility index (Phi) is 48.4. The Morgan fingerprint density at radius 1 is 0.417 bits per heavy atom. The minimum Gasteiger partial charge on any atom is -0.394 e. The lowest BCUT2D eigenvalue weighted by atomic mass is 10.0. The van der Waals surface area contributed by atoms with Gasteiger partial charge in [-0.2, -0.15) is 0 Å². The molecule has 1 amide bonds. The van der Waals surface area contributed by atoms with E-state index in [2.05, 4.69) is 104 Å². The van der Waals surface area contributed by atoms with Crippen molar-refractivity contribution < 1.29 is 15.0 Å². The van der Waals surface area contributed by atoms with Gasteiger partial charge in [-0.3, -0.25) is 4.79 Å². The Bertz CT molecular complexity index is 1130. The lowest BCUT2D eigenvalue weighted by Gasteiger charge is -2.19. The highest BCUT2D eigenvalue weighted by Crippen LogP contribution is 2.15. The first-order valence-electron chi connectivity index (χ1n) is 25.5. The van der Waals surface area contributed by atoms with Gasteiger partial charge in [-0.1, -0.05) is 233 Å². The number of rotatable bonds is 45. The molecule has 0 rings (SSSR count). The number of aliphatic hydroxyl groups is 2. The molecule has 0 aliphatic heterocycles. The van der Waals surface area contributed by atoms with Gasteiger partial charge < -0.3 is 15.5 Å². The molecule has 4 heteroatoms. The van der Waals surface area contributed by atoms with Crippen LogP contribution in [0.1, 0.15) is 232 Å². The minimum atomic E-state index is -0.872. The van der Waals surface area contributed by atoms with Crippen LogP contribution in [0.25, 0.3) is 0 Å². The fourth-order valence-corrected chi connectivity index (χ4v) is 7.18. The molecular weight excluding hydrogens is 735 g/mol. The average molecular weight is 832 g/mol. The topological polar surface area (TPSA) is 69.6 Å². The third kappa shape index (κ3) is 46.4. The summed E-state index contributed by atoms with van der Waals surface area (Å²) in [5.74, 6) is -0.0803. The van der Waals surface area contributed by atoms with Gasteiger partial charge in [0.15, 0.2) is 0 Å². The first-order chi connectivity index (χ1) is 29.7. The van der Waals surface area contributed by atoms with Crippen LogP contribution in [0.2, 0.25) is 0 Å². The summed E-state index contributed by atoms with van der Waals surface area (Å²) in [6.07, 6.45) is 75.5. The molecule has 0 aliphatic rings. The molecule has 4 nitrogen and oxygen atoms in total. The normalized spacial score (nSPS) is 13.7. The zero-order chi connectivity index (χ0) is 43.5. The Hall–Kier alpha value is -2.69. The molecule has 0 aromatic carbocycles. The molecule has 0 aliphatic carbocycles. The van der Waals surface area contributed by atoms with E-state index in [9.17, 15) is 15.0 Å². The van der Waals surface area contributed by atoms with Crippen LogP contribution >= 0.6 is 0 Å².